The third-order valence-electron chi connectivity index (χ3n) is 5.60. The molecule has 2 saturated carbocycles. The molecule has 0 N–H and O–H groups in total. The van der Waals surface area contributed by atoms with Crippen molar-refractivity contribution in [2.24, 2.45) is 35.5 Å². The number of carbonyl (C=O) groups excluding carboxylic acids is 3. The highest BCUT2D eigenvalue weighted by Crippen LogP contribution is 2.65. The van der Waals surface area contributed by atoms with E-state index < -0.39 is 5.91 Å². The second-order valence-electron chi connectivity index (χ2n) is 6.45. The molecule has 6 rings (SSSR count). The molecular weight excluding hydrogens is 286 g/mol. The molecule has 0 spiro atoms. The van der Waals surface area contributed by atoms with Crippen LogP contribution in [-0.2, 0) is 9.59 Å². The van der Waals surface area contributed by atoms with Crippen molar-refractivity contribution >= 4 is 29.1 Å². The lowest BCUT2D eigenvalue weighted by molar-refractivity contribution is -0.136. The van der Waals surface area contributed by atoms with Crippen LogP contribution < -0.4 is 0 Å². The van der Waals surface area contributed by atoms with Crippen LogP contribution in [0, 0.1) is 35.5 Å². The molecule has 3 amide bonds. The molecule has 5 heteroatoms. The normalized spacial score (nSPS) is 42.2. The monoisotopic (exact) mass is 299 g/mol. The van der Waals surface area contributed by atoms with Gasteiger partial charge in [-0.1, -0.05) is 18.2 Å². The Hall–Kier alpha value is -1.75. The highest BCUT2D eigenvalue weighted by molar-refractivity contribution is 7.12. The third kappa shape index (κ3) is 1.33. The summed E-state index contributed by atoms with van der Waals surface area (Å²) in [6.45, 7) is 0. The molecule has 5 aliphatic rings. The number of hydrogen-bond acceptors (Lipinski definition) is 4. The van der Waals surface area contributed by atoms with Crippen molar-refractivity contribution in [3.05, 3.63) is 34.5 Å². The highest BCUT2D eigenvalue weighted by Gasteiger charge is 2.67. The summed E-state index contributed by atoms with van der Waals surface area (Å²) in [7, 11) is 0. The summed E-state index contributed by atoms with van der Waals surface area (Å²) in [5.41, 5.74) is 0. The SMILES string of the molecule is O=C(c1cccs1)N1C(=O)[C@@H]2[C@H]3C=C[C@@H]([C@@H]4C[C@H]34)[C@H]2C1=O. The quantitative estimate of drug-likeness (QED) is 0.588. The first-order valence-corrected chi connectivity index (χ1v) is 8.20. The Morgan fingerprint density at radius 2 is 1.71 bits per heavy atom. The van der Waals surface area contributed by atoms with Crippen molar-refractivity contribution in [1.29, 1.82) is 0 Å². The minimum atomic E-state index is -0.442. The van der Waals surface area contributed by atoms with Crippen molar-refractivity contribution in [3.8, 4) is 0 Å². The van der Waals surface area contributed by atoms with Gasteiger partial charge in [0.2, 0.25) is 11.8 Å². The van der Waals surface area contributed by atoms with E-state index in [0.717, 1.165) is 11.3 Å². The number of rotatable bonds is 1. The fourth-order valence-corrected chi connectivity index (χ4v) is 5.32. The van der Waals surface area contributed by atoms with Crippen LogP contribution >= 0.6 is 11.3 Å². The first-order valence-electron chi connectivity index (χ1n) is 7.32. The van der Waals surface area contributed by atoms with Crippen molar-refractivity contribution in [2.45, 2.75) is 6.42 Å². The summed E-state index contributed by atoms with van der Waals surface area (Å²) in [6, 6.07) is 3.43. The lowest BCUT2D eigenvalue weighted by Crippen LogP contribution is -2.40. The molecule has 1 aromatic heterocycles. The molecule has 2 heterocycles. The number of likely N-dealkylation sites (tertiary alicyclic amines) is 1. The predicted molar refractivity (Wildman–Crippen MR) is 75.2 cm³/mol. The summed E-state index contributed by atoms with van der Waals surface area (Å²) in [4.78, 5) is 39.3. The maximum atomic E-state index is 12.7. The Bertz CT molecular complexity index is 671. The summed E-state index contributed by atoms with van der Waals surface area (Å²) >= 11 is 1.27. The molecule has 4 aliphatic carbocycles. The standard InChI is InChI=1S/C16H13NO3S/c18-14(11-2-1-5-21-11)17-15(19)12-7-3-4-8(10-6-9(7)10)13(12)16(17)20/h1-5,7-10,12-13H,6H2/t7-,8-,9-,10+,12+,13+/m0/s1. The minimum absolute atomic E-state index is 0.169. The van der Waals surface area contributed by atoms with Crippen LogP contribution in [0.25, 0.3) is 0 Å². The van der Waals surface area contributed by atoms with Gasteiger partial charge in [-0.15, -0.1) is 11.3 Å². The van der Waals surface area contributed by atoms with E-state index in [4.69, 9.17) is 0 Å². The van der Waals surface area contributed by atoms with Gasteiger partial charge in [-0.3, -0.25) is 14.4 Å². The molecule has 1 aromatic rings. The number of allylic oxidation sites excluding steroid dienone is 2. The van der Waals surface area contributed by atoms with E-state index in [1.807, 2.05) is 0 Å². The van der Waals surface area contributed by atoms with Gasteiger partial charge in [0.25, 0.3) is 5.91 Å². The fourth-order valence-electron chi connectivity index (χ4n) is 4.67. The zero-order valence-corrected chi connectivity index (χ0v) is 12.0. The maximum absolute atomic E-state index is 12.7. The second-order valence-corrected chi connectivity index (χ2v) is 7.40. The average molecular weight is 299 g/mol. The number of amides is 3. The summed E-state index contributed by atoms with van der Waals surface area (Å²) in [5, 5.41) is 1.78. The van der Waals surface area contributed by atoms with Gasteiger partial charge in [-0.2, -0.15) is 0 Å². The molecule has 3 fully saturated rings. The van der Waals surface area contributed by atoms with Gasteiger partial charge in [0.05, 0.1) is 16.7 Å². The van der Waals surface area contributed by atoms with Crippen molar-refractivity contribution < 1.29 is 14.4 Å². The molecule has 0 unspecified atom stereocenters. The lowest BCUT2D eigenvalue weighted by atomic mass is 9.63. The second kappa shape index (κ2) is 3.71. The van der Waals surface area contributed by atoms with Crippen LogP contribution in [0.1, 0.15) is 16.1 Å². The van der Waals surface area contributed by atoms with Crippen LogP contribution in [0.2, 0.25) is 0 Å². The van der Waals surface area contributed by atoms with E-state index >= 15 is 0 Å². The van der Waals surface area contributed by atoms with Crippen LogP contribution in [-0.4, -0.2) is 22.6 Å². The van der Waals surface area contributed by atoms with Crippen LogP contribution in [0.15, 0.2) is 29.7 Å². The van der Waals surface area contributed by atoms with Crippen LogP contribution in [0.5, 0.6) is 0 Å². The van der Waals surface area contributed by atoms with Crippen LogP contribution in [0.3, 0.4) is 0 Å². The Kier molecular flexibility index (Phi) is 2.10. The summed E-state index contributed by atoms with van der Waals surface area (Å²) in [6.07, 6.45) is 5.36. The van der Waals surface area contributed by atoms with Gasteiger partial charge in [0.15, 0.2) is 0 Å². The number of nitrogens with zero attached hydrogens (tertiary/aromatic N) is 1. The zero-order valence-electron chi connectivity index (χ0n) is 11.1. The molecule has 6 atom stereocenters. The van der Waals surface area contributed by atoms with Crippen molar-refractivity contribution in [1.82, 2.24) is 4.90 Å². The van der Waals surface area contributed by atoms with E-state index in [1.165, 1.54) is 11.3 Å². The third-order valence-corrected chi connectivity index (χ3v) is 6.46. The topological polar surface area (TPSA) is 54.5 Å². The smallest absolute Gasteiger partial charge is 0.274 e. The van der Waals surface area contributed by atoms with Crippen molar-refractivity contribution in [3.63, 3.8) is 0 Å². The molecular formula is C16H13NO3S. The van der Waals surface area contributed by atoms with E-state index in [2.05, 4.69) is 12.2 Å². The molecule has 2 bridgehead atoms. The Labute approximate surface area is 125 Å². The number of imide groups is 3. The predicted octanol–water partition coefficient (Wildman–Crippen LogP) is 1.94. The molecule has 106 valence electrons. The molecule has 4 nitrogen and oxygen atoms in total. The summed E-state index contributed by atoms with van der Waals surface area (Å²) < 4.78 is 0. The zero-order chi connectivity index (χ0) is 14.3. The lowest BCUT2D eigenvalue weighted by Gasteiger charge is -2.37. The highest BCUT2D eigenvalue weighted by atomic mass is 32.1. The Morgan fingerprint density at radius 1 is 1.10 bits per heavy atom. The van der Waals surface area contributed by atoms with Gasteiger partial charge in [-0.25, -0.2) is 4.90 Å². The van der Waals surface area contributed by atoms with E-state index in [0.29, 0.717) is 16.7 Å². The maximum Gasteiger partial charge on any atom is 0.277 e. The Balaban J connectivity index is 1.56. The molecule has 0 aromatic carbocycles. The number of carbonyl (C=O) groups is 3. The van der Waals surface area contributed by atoms with Gasteiger partial charge >= 0.3 is 0 Å². The largest absolute Gasteiger partial charge is 0.277 e. The van der Waals surface area contributed by atoms with Gasteiger partial charge in [0.1, 0.15) is 0 Å². The van der Waals surface area contributed by atoms with Gasteiger partial charge in [0, 0.05) is 0 Å². The van der Waals surface area contributed by atoms with Crippen LogP contribution in [0.4, 0.5) is 0 Å². The summed E-state index contributed by atoms with van der Waals surface area (Å²) in [5.74, 6) is -0.0984. The average Bonchev–Trinajstić information content (AvgIpc) is 3.06. The first kappa shape index (κ1) is 11.9. The molecule has 0 radical (unpaired) electrons. The molecule has 21 heavy (non-hydrogen) atoms. The molecule has 1 aliphatic heterocycles. The number of hydrogen-bond donors (Lipinski definition) is 0. The van der Waals surface area contributed by atoms with E-state index in [-0.39, 0.29) is 35.5 Å². The Morgan fingerprint density at radius 3 is 2.24 bits per heavy atom. The van der Waals surface area contributed by atoms with E-state index in [9.17, 15) is 14.4 Å². The first-order chi connectivity index (χ1) is 10.2. The van der Waals surface area contributed by atoms with Gasteiger partial charge in [-0.05, 0) is 41.5 Å². The number of thiophene rings is 1. The minimum Gasteiger partial charge on any atom is -0.274 e. The van der Waals surface area contributed by atoms with Crippen molar-refractivity contribution in [2.75, 3.05) is 0 Å². The van der Waals surface area contributed by atoms with E-state index in [1.54, 1.807) is 17.5 Å². The fraction of sp³-hybridized carbons (Fsp3) is 0.438. The molecule has 1 saturated heterocycles. The van der Waals surface area contributed by atoms with Gasteiger partial charge < -0.3 is 0 Å².